The third-order valence-corrected chi connectivity index (χ3v) is 7.70. The molecule has 0 radical (unpaired) electrons. The maximum atomic E-state index is 11.6. The van der Waals surface area contributed by atoms with Gasteiger partial charge < -0.3 is 9.28 Å². The van der Waals surface area contributed by atoms with Gasteiger partial charge >= 0.3 is 0 Å². The number of thiol groups is 1. The molecular weight excluding hydrogens is 416 g/mol. The second-order valence-electron chi connectivity index (χ2n) is 10.1. The van der Waals surface area contributed by atoms with Crippen molar-refractivity contribution < 1.29 is 14.1 Å². The highest BCUT2D eigenvalue weighted by atomic mass is 32.1. The zero-order valence-electron chi connectivity index (χ0n) is 21.2. The monoisotopic (exact) mass is 469 g/mol. The number of piperidine rings is 1. The number of aldehydes is 2. The first-order chi connectivity index (χ1) is 15.7. The van der Waals surface area contributed by atoms with Crippen LogP contribution in [0.25, 0.3) is 0 Å². The lowest BCUT2D eigenvalue weighted by Gasteiger charge is -2.38. The minimum atomic E-state index is 0.171. The van der Waals surface area contributed by atoms with Gasteiger partial charge in [-0.1, -0.05) is 45.4 Å². The summed E-state index contributed by atoms with van der Waals surface area (Å²) in [6.07, 6.45) is 22.2. The Morgan fingerprint density at radius 2 is 1.41 bits per heavy atom. The van der Waals surface area contributed by atoms with E-state index < -0.39 is 0 Å². The molecule has 4 nitrogen and oxygen atoms in total. The smallest absolute Gasteiger partial charge is 0.174 e. The quantitative estimate of drug-likeness (QED) is 0.0904. The van der Waals surface area contributed by atoms with Crippen LogP contribution in [0.15, 0.2) is 0 Å². The molecule has 0 spiro atoms. The van der Waals surface area contributed by atoms with E-state index in [2.05, 4.69) is 24.5 Å². The van der Waals surface area contributed by atoms with Crippen LogP contribution in [0.3, 0.4) is 0 Å². The number of unbranched alkanes of at least 4 members (excludes halogenated alkanes) is 10. The van der Waals surface area contributed by atoms with Gasteiger partial charge in [0.2, 0.25) is 0 Å². The standard InChI is InChI=1S/C27H52N2O2S/c1-2-3-4-7-13-20-29(23-24-30,22-15-9-16-25-32)21-14-8-5-6-11-18-28-19-12-10-17-27(28)26-31/h24,26-27H,2-23,25H2,1H3/p+1/t27-,29?/m0/s1. The molecule has 0 saturated carbocycles. The lowest BCUT2D eigenvalue weighted by molar-refractivity contribution is -0.920. The van der Waals surface area contributed by atoms with Crippen LogP contribution in [-0.2, 0) is 9.59 Å². The topological polar surface area (TPSA) is 37.4 Å². The van der Waals surface area contributed by atoms with E-state index in [-0.39, 0.29) is 6.04 Å². The van der Waals surface area contributed by atoms with Crippen molar-refractivity contribution >= 4 is 25.2 Å². The fourth-order valence-electron chi connectivity index (χ4n) is 5.29. The van der Waals surface area contributed by atoms with Crippen LogP contribution in [0, 0.1) is 0 Å². The van der Waals surface area contributed by atoms with Crippen molar-refractivity contribution in [1.29, 1.82) is 0 Å². The molecule has 0 aromatic carbocycles. The highest BCUT2D eigenvalue weighted by Crippen LogP contribution is 2.19. The molecule has 0 aliphatic carbocycles. The Morgan fingerprint density at radius 1 is 0.812 bits per heavy atom. The Morgan fingerprint density at radius 3 is 2.00 bits per heavy atom. The summed E-state index contributed by atoms with van der Waals surface area (Å²) in [5.41, 5.74) is 0. The van der Waals surface area contributed by atoms with Crippen LogP contribution in [-0.4, -0.2) is 73.0 Å². The van der Waals surface area contributed by atoms with Crippen LogP contribution < -0.4 is 0 Å². The maximum Gasteiger partial charge on any atom is 0.174 e. The number of carbonyl (C=O) groups is 2. The van der Waals surface area contributed by atoms with Gasteiger partial charge in [-0.3, -0.25) is 9.69 Å². The second-order valence-corrected chi connectivity index (χ2v) is 10.5. The van der Waals surface area contributed by atoms with Crippen molar-refractivity contribution in [2.24, 2.45) is 0 Å². The molecular formula is C27H53N2O2S+. The van der Waals surface area contributed by atoms with Crippen LogP contribution in [0.4, 0.5) is 0 Å². The summed E-state index contributed by atoms with van der Waals surface area (Å²) in [6.45, 7) is 8.62. The first-order valence-electron chi connectivity index (χ1n) is 13.8. The highest BCUT2D eigenvalue weighted by molar-refractivity contribution is 7.80. The molecule has 1 heterocycles. The molecule has 0 N–H and O–H groups in total. The Labute approximate surface area is 204 Å². The average molecular weight is 470 g/mol. The minimum Gasteiger partial charge on any atom is -0.318 e. The van der Waals surface area contributed by atoms with Gasteiger partial charge in [0.05, 0.1) is 25.7 Å². The highest BCUT2D eigenvalue weighted by Gasteiger charge is 2.26. The molecule has 0 amide bonds. The number of quaternary nitrogens is 1. The Balaban J connectivity index is 2.35. The van der Waals surface area contributed by atoms with Crippen molar-refractivity contribution in [3.8, 4) is 0 Å². The lowest BCUT2D eigenvalue weighted by atomic mass is 10.0. The van der Waals surface area contributed by atoms with E-state index >= 15 is 0 Å². The third kappa shape index (κ3) is 13.3. The first-order valence-corrected chi connectivity index (χ1v) is 14.4. The minimum absolute atomic E-state index is 0.171. The molecule has 1 aliphatic rings. The van der Waals surface area contributed by atoms with E-state index in [1.54, 1.807) is 0 Å². The van der Waals surface area contributed by atoms with Gasteiger partial charge in [-0.2, -0.15) is 12.6 Å². The zero-order valence-corrected chi connectivity index (χ0v) is 22.0. The van der Waals surface area contributed by atoms with E-state index in [9.17, 15) is 9.59 Å². The summed E-state index contributed by atoms with van der Waals surface area (Å²) in [6, 6.07) is 0.171. The molecule has 1 unspecified atom stereocenters. The van der Waals surface area contributed by atoms with Gasteiger partial charge in [0.1, 0.15) is 12.8 Å². The molecule has 1 fully saturated rings. The molecule has 0 aromatic heterocycles. The number of rotatable bonds is 22. The number of likely N-dealkylation sites (tertiary alicyclic amines) is 1. The number of hydrogen-bond acceptors (Lipinski definition) is 4. The predicted octanol–water partition coefficient (Wildman–Crippen LogP) is 6.08. The van der Waals surface area contributed by atoms with Crippen molar-refractivity contribution in [1.82, 2.24) is 4.90 Å². The van der Waals surface area contributed by atoms with Gasteiger partial charge in [-0.15, -0.1) is 0 Å². The number of hydrogen-bond donors (Lipinski definition) is 1. The summed E-state index contributed by atoms with van der Waals surface area (Å²) < 4.78 is 1.01. The lowest BCUT2D eigenvalue weighted by Crippen LogP contribution is -2.51. The van der Waals surface area contributed by atoms with Crippen LogP contribution >= 0.6 is 12.6 Å². The molecule has 0 bridgehead atoms. The largest absolute Gasteiger partial charge is 0.318 e. The van der Waals surface area contributed by atoms with E-state index in [1.165, 1.54) is 109 Å². The second kappa shape index (κ2) is 20.0. The van der Waals surface area contributed by atoms with Crippen LogP contribution in [0.2, 0.25) is 0 Å². The average Bonchev–Trinajstić information content (AvgIpc) is 2.81. The van der Waals surface area contributed by atoms with E-state index in [4.69, 9.17) is 0 Å². The predicted molar refractivity (Wildman–Crippen MR) is 141 cm³/mol. The van der Waals surface area contributed by atoms with Crippen LogP contribution in [0.1, 0.15) is 110 Å². The molecule has 188 valence electrons. The number of carbonyl (C=O) groups excluding carboxylic acids is 2. The molecule has 2 atom stereocenters. The van der Waals surface area contributed by atoms with Crippen molar-refractivity contribution in [3.05, 3.63) is 0 Å². The van der Waals surface area contributed by atoms with E-state index in [0.29, 0.717) is 6.54 Å². The SMILES string of the molecule is CCCCCCC[N+](CC=O)(CCCCCS)CCCCCCCN1CCCC[C@H]1C=O. The van der Waals surface area contributed by atoms with E-state index in [0.717, 1.165) is 49.1 Å². The zero-order chi connectivity index (χ0) is 23.3. The molecule has 5 heteroatoms. The van der Waals surface area contributed by atoms with Crippen molar-refractivity contribution in [2.75, 3.05) is 45.0 Å². The summed E-state index contributed by atoms with van der Waals surface area (Å²) in [5.74, 6) is 0.968. The fourth-order valence-corrected chi connectivity index (χ4v) is 5.52. The molecule has 1 aliphatic heterocycles. The van der Waals surface area contributed by atoms with Gasteiger partial charge in [0, 0.05) is 0 Å². The van der Waals surface area contributed by atoms with Crippen molar-refractivity contribution in [3.63, 3.8) is 0 Å². The summed E-state index contributed by atoms with van der Waals surface area (Å²) in [4.78, 5) is 25.2. The summed E-state index contributed by atoms with van der Waals surface area (Å²) in [5, 5.41) is 0. The van der Waals surface area contributed by atoms with E-state index in [1.807, 2.05) is 0 Å². The Kier molecular flexibility index (Phi) is 18.5. The third-order valence-electron chi connectivity index (χ3n) is 7.39. The summed E-state index contributed by atoms with van der Waals surface area (Å²) >= 11 is 4.36. The van der Waals surface area contributed by atoms with Crippen molar-refractivity contribution in [2.45, 2.75) is 116 Å². The maximum absolute atomic E-state index is 11.6. The fraction of sp³-hybridized carbons (Fsp3) is 0.926. The molecule has 32 heavy (non-hydrogen) atoms. The van der Waals surface area contributed by atoms with Gasteiger partial charge in [0.25, 0.3) is 0 Å². The molecule has 0 aromatic rings. The normalized spacial score (nSPS) is 19.0. The Bertz CT molecular complexity index is 463. The number of nitrogens with zero attached hydrogens (tertiary/aromatic N) is 2. The van der Waals surface area contributed by atoms with Crippen LogP contribution in [0.5, 0.6) is 0 Å². The van der Waals surface area contributed by atoms with Gasteiger partial charge in [-0.25, -0.2) is 0 Å². The first kappa shape index (κ1) is 29.6. The van der Waals surface area contributed by atoms with Gasteiger partial charge in [0.15, 0.2) is 6.29 Å². The Hall–Kier alpha value is -0.390. The molecule has 1 rings (SSSR count). The van der Waals surface area contributed by atoms with Gasteiger partial charge in [-0.05, 0) is 83.1 Å². The molecule has 1 saturated heterocycles. The summed E-state index contributed by atoms with van der Waals surface area (Å²) in [7, 11) is 0.